The number of unbranched alkanes of at least 4 members (excludes halogenated alkanes) is 6. The van der Waals surface area contributed by atoms with Crippen LogP contribution in [0.4, 0.5) is 29.5 Å². The van der Waals surface area contributed by atoms with Gasteiger partial charge in [0.25, 0.3) is 0 Å². The second kappa shape index (κ2) is 75.8. The molecule has 1 saturated heterocycles. The number of nitrogens with zero attached hydrogens (tertiary/aromatic N) is 14. The van der Waals surface area contributed by atoms with E-state index in [0.29, 0.717) is 95.3 Å². The van der Waals surface area contributed by atoms with E-state index in [1.165, 1.54) is 19.3 Å². The number of thiol groups is 1. The third-order valence-corrected chi connectivity index (χ3v) is 20.7. The number of hydrogen-bond donors (Lipinski definition) is 10. The van der Waals surface area contributed by atoms with Crippen molar-refractivity contribution in [1.82, 2.24) is 43.9 Å². The van der Waals surface area contributed by atoms with Gasteiger partial charge in [0.1, 0.15) is 111 Å². The number of aldehydes is 1. The molecule has 38 nitrogen and oxygen atoms in total. The first kappa shape index (κ1) is 128. The van der Waals surface area contributed by atoms with Crippen LogP contribution < -0.4 is 110 Å². The predicted octanol–water partition coefficient (Wildman–Crippen LogP) is 13.8. The van der Waals surface area contributed by atoms with Gasteiger partial charge in [-0.25, -0.2) is 24.7 Å². The quantitative estimate of drug-likeness (QED) is 0.00440. The maximum atomic E-state index is 10.8. The van der Waals surface area contributed by atoms with Crippen LogP contribution >= 0.6 is 56.3 Å². The fraction of sp³-hybridized carbons (Fsp3) is 0.384. The monoisotopic (exact) mass is 2140 g/mol. The van der Waals surface area contributed by atoms with E-state index in [1.807, 2.05) is 123 Å². The molecule has 1 radical (unpaired) electrons. The SMILES string of the molecule is CCCCCN.CCCCCNc1nc(N)nc2ccn(Cc3cc(OCC#N)ccc3OC)c12.CCCCCNc1nc(N)nc2ccn(Cc3cc(OCC(=O)O)ccc3OC)c12.COc1ccc(C=O)cc1C.COc1ccc(O)cc1C.COc1ccc(OCC#N)cc1C.COc1ccc(OCC#N)cc1CBr.N#CCBr.Nc1nc(Cl)c2c(n1)C=CC2.O=C(CO)N1CCOCC1.[B]=NS.[Na+].[OH-]. The second-order valence-electron chi connectivity index (χ2n) is 29.6. The minimum absolute atomic E-state index is 0. The Morgan fingerprint density at radius 3 is 1.36 bits per heavy atom. The topological polar surface area (TPSA) is 570 Å². The minimum atomic E-state index is -1.03. The van der Waals surface area contributed by atoms with Crippen LogP contribution in [0.1, 0.15) is 134 Å². The van der Waals surface area contributed by atoms with Crippen LogP contribution in [-0.2, 0) is 39.2 Å². The zero-order valence-electron chi connectivity index (χ0n) is 83.1. The summed E-state index contributed by atoms with van der Waals surface area (Å²) in [6.07, 6.45) is 19.9. The summed E-state index contributed by atoms with van der Waals surface area (Å²) in [5.74, 6) is 8.29. The number of amides is 1. The van der Waals surface area contributed by atoms with Crippen molar-refractivity contribution in [1.29, 1.82) is 21.0 Å². The molecule has 1 fully saturated rings. The molecule has 0 unspecified atom stereocenters. The maximum absolute atomic E-state index is 10.8. The summed E-state index contributed by atoms with van der Waals surface area (Å²) >= 11 is 15.2. The van der Waals surface area contributed by atoms with Gasteiger partial charge >= 0.3 is 60.3 Å². The summed E-state index contributed by atoms with van der Waals surface area (Å²) in [5.41, 5.74) is 33.9. The van der Waals surface area contributed by atoms with Crippen LogP contribution in [0, 0.1) is 66.1 Å². The molecule has 6 heterocycles. The van der Waals surface area contributed by atoms with E-state index in [0.717, 1.165) is 172 Å². The number of nitrogen functional groups attached to an aromatic ring is 3. The summed E-state index contributed by atoms with van der Waals surface area (Å²) < 4.78 is 64.0. The maximum Gasteiger partial charge on any atom is 1.00 e. The number of nitriles is 4. The van der Waals surface area contributed by atoms with Crippen molar-refractivity contribution in [2.75, 3.05) is 155 Å². The van der Waals surface area contributed by atoms with E-state index in [4.69, 9.17) is 123 Å². The number of morpholine rings is 1. The third kappa shape index (κ3) is 48.1. The fourth-order valence-electron chi connectivity index (χ4n) is 12.9. The number of aliphatic hydroxyl groups excluding tert-OH is 1. The second-order valence-corrected chi connectivity index (χ2v) is 31.3. The van der Waals surface area contributed by atoms with E-state index in [2.05, 4.69) is 122 Å². The Morgan fingerprint density at radius 2 is 0.972 bits per heavy atom. The molecular formula is C99H128BBr2ClN20NaO18S. The number of aliphatic carboxylic acids is 1. The molecule has 1 aliphatic heterocycles. The number of aromatic nitrogens is 8. The number of fused-ring (bicyclic) bond motifs is 3. The molecule has 5 aromatic heterocycles. The molecule has 6 aromatic carbocycles. The van der Waals surface area contributed by atoms with E-state index < -0.39 is 12.6 Å². The minimum Gasteiger partial charge on any atom is -0.870 e. The number of benzene rings is 6. The Hall–Kier alpha value is -12.9. The number of methoxy groups -OCH3 is 6. The molecule has 143 heavy (non-hydrogen) atoms. The number of alkyl halides is 2. The van der Waals surface area contributed by atoms with Crippen molar-refractivity contribution in [3.05, 3.63) is 195 Å². The number of aryl methyl sites for hydroxylation is 3. The first-order chi connectivity index (χ1) is 68.1. The van der Waals surface area contributed by atoms with Gasteiger partial charge in [-0.3, -0.25) is 9.59 Å². The Balaban J connectivity index is 0.000000830. The summed E-state index contributed by atoms with van der Waals surface area (Å²) in [6, 6.07) is 43.4. The fourth-order valence-corrected chi connectivity index (χ4v) is 13.6. The molecule has 0 atom stereocenters. The molecule has 44 heteroatoms. The molecule has 1 aliphatic carbocycles. The number of halogens is 3. The molecular weight excluding hydrogens is 2020 g/mol. The number of carbonyl (C=O) groups excluding carboxylic acids is 2. The molecule has 11 aromatic rings. The van der Waals surface area contributed by atoms with Crippen LogP contribution in [0.5, 0.6) is 63.2 Å². The van der Waals surface area contributed by atoms with Gasteiger partial charge in [0, 0.05) is 71.7 Å². The van der Waals surface area contributed by atoms with Crippen molar-refractivity contribution < 1.29 is 117 Å². The molecule has 763 valence electrons. The van der Waals surface area contributed by atoms with E-state index in [-0.39, 0.29) is 91.0 Å². The van der Waals surface area contributed by atoms with E-state index in [1.54, 1.807) is 120 Å². The smallest absolute Gasteiger partial charge is 0.870 e. The average molecular weight is 2150 g/mol. The number of carboxylic acids is 1. The number of rotatable bonds is 35. The van der Waals surface area contributed by atoms with Gasteiger partial charge in [0.05, 0.1) is 97.1 Å². The van der Waals surface area contributed by atoms with Gasteiger partial charge in [-0.15, -0.1) is 0 Å². The van der Waals surface area contributed by atoms with Crippen LogP contribution in [0.2, 0.25) is 5.15 Å². The van der Waals surface area contributed by atoms with Crippen LogP contribution in [0.3, 0.4) is 0 Å². The zero-order valence-corrected chi connectivity index (χ0v) is 89.9. The number of anilines is 5. The van der Waals surface area contributed by atoms with Gasteiger partial charge < -0.3 is 121 Å². The largest absolute Gasteiger partial charge is 1.00 e. The molecule has 0 spiro atoms. The van der Waals surface area contributed by atoms with Crippen molar-refractivity contribution >= 4 is 140 Å². The summed E-state index contributed by atoms with van der Waals surface area (Å²) in [4.78, 5) is 58.9. The average Bonchev–Trinajstić information content (AvgIpc) is 1.64. The number of hydrogen-bond acceptors (Lipinski definition) is 35. The normalized spacial score (nSPS) is 10.5. The number of aliphatic hydroxyl groups is 1. The molecule has 0 saturated carbocycles. The molecule has 13 rings (SSSR count). The summed E-state index contributed by atoms with van der Waals surface area (Å²) in [7, 11) is 14.0. The van der Waals surface area contributed by atoms with Crippen molar-refractivity contribution in [2.45, 2.75) is 124 Å². The first-order valence-corrected chi connectivity index (χ1v) is 47.5. The Bertz CT molecular complexity index is 5850. The van der Waals surface area contributed by atoms with Gasteiger partial charge in [-0.05, 0) is 197 Å². The number of phenolic OH excluding ortho intramolecular Hbond substituents is 1. The van der Waals surface area contributed by atoms with Crippen LogP contribution in [0.15, 0.2) is 144 Å². The van der Waals surface area contributed by atoms with Crippen LogP contribution in [-0.4, -0.2) is 217 Å². The molecule has 2 aliphatic rings. The zero-order chi connectivity index (χ0) is 104. The van der Waals surface area contributed by atoms with E-state index in [9.17, 15) is 14.4 Å². The standard InChI is InChI=1S/C21H26N6O2.C21H27N5O4.C10H10BrNO2.C10H11NO2.C9H10O2.C8H10O2.C7H6ClN3.C6H11NO3.C5H13N.C2H2BrN.BHNS.Na.H2O/c1-3-4-5-10-24-20-19-17(25-21(23)26-20)8-11-27(19)14-15-13-16(29-12-9-22)6-7-18(15)28-2;1-3-4-5-9-23-20-19-16(24-21(22)25-20)8-10-26(19)12-14-11-15(30-13-18(27)28)6-7-17(14)29-2;1-13-10-3-2-9(14-5-4-12)6-8(10)7-11;1-8-7-9(13-6-5-11)3-4-10(8)12-2;1-7-5-8(6-10)3-4-9(7)11-2;1-6-5-7(9)3-4-8(6)10-2;8-6-4-2-1-3-5(4)10-7(9)11-6;8-5-6(9)7-1-3-10-4-2-7;1-2-3-4-5-6;3-1-2-4;1-2-3;;/h6-8,11,13H,3-5,10,12,14H2,1-2H3,(H3,23,24,25,26);6-8,10-11H,3-5,9,12-13H2,1-2H3,(H,27,28)(H3,22,23,24,25);2-3,6H,5,7H2,1H3;3-4,7H,6H2,1-2H3;3-6H,1-2H3;3-5,9H,1-2H3;1,3H,2H2,(H2,9,10,11);8H,1-5H2;2-6H2,1H3;1H2;3H;;1H2/q;;;;;;;;;;;+1;/p-1. The summed E-state index contributed by atoms with van der Waals surface area (Å²) in [5, 5.41) is 67.6. The van der Waals surface area contributed by atoms with Gasteiger partial charge in [-0.2, -0.15) is 31.0 Å². The first-order valence-electron chi connectivity index (χ1n) is 44.5. The van der Waals surface area contributed by atoms with Gasteiger partial charge in [-0.1, -0.05) is 109 Å². The Kier molecular flexibility index (Phi) is 67.9. The van der Waals surface area contributed by atoms with Gasteiger partial charge in [0.2, 0.25) is 23.8 Å². The number of aromatic hydroxyl groups is 1. The number of ether oxygens (including phenoxy) is 11. The molecule has 1 amide bonds. The van der Waals surface area contributed by atoms with Crippen molar-refractivity contribution in [2.24, 2.45) is 10.0 Å². The number of nitrogens with two attached hydrogens (primary N) is 4. The van der Waals surface area contributed by atoms with Gasteiger partial charge in [0.15, 0.2) is 38.1 Å². The van der Waals surface area contributed by atoms with Crippen molar-refractivity contribution in [3.63, 3.8) is 0 Å². The number of phenols is 1. The Labute approximate surface area is 886 Å². The number of carboxylic acid groups (broad SMARTS) is 1. The summed E-state index contributed by atoms with van der Waals surface area (Å²) in [6.45, 7) is 17.5. The van der Waals surface area contributed by atoms with Crippen molar-refractivity contribution in [3.8, 4) is 87.5 Å². The third-order valence-electron chi connectivity index (χ3n) is 19.5. The number of carbonyl (C=O) groups is 3. The molecule has 14 N–H and O–H groups in total. The Morgan fingerprint density at radius 1 is 0.573 bits per heavy atom. The van der Waals surface area contributed by atoms with Crippen LogP contribution in [0.25, 0.3) is 28.1 Å². The number of allylic oxidation sites excluding steroid dienone is 1. The number of nitrogens with one attached hydrogen (secondary N) is 2. The predicted molar refractivity (Wildman–Crippen MR) is 562 cm³/mol. The van der Waals surface area contributed by atoms with E-state index >= 15 is 0 Å². The molecule has 0 bridgehead atoms.